The minimum atomic E-state index is -0.0808. The van der Waals surface area contributed by atoms with Gasteiger partial charge in [0, 0.05) is 18.5 Å². The Balaban J connectivity index is 1.69. The van der Waals surface area contributed by atoms with Gasteiger partial charge in [-0.1, -0.05) is 0 Å². The molecule has 2 aromatic heterocycles. The first-order chi connectivity index (χ1) is 10.2. The highest BCUT2D eigenvalue weighted by Gasteiger charge is 2.29. The molecule has 1 N–H and O–H groups in total. The number of hydrogen-bond donors (Lipinski definition) is 1. The molecule has 4 rings (SSSR count). The smallest absolute Gasteiger partial charge is 0.140 e. The number of hydrogen-bond acceptors (Lipinski definition) is 5. The Morgan fingerprint density at radius 2 is 2.10 bits per heavy atom. The second-order valence-electron chi connectivity index (χ2n) is 6.46. The van der Waals surface area contributed by atoms with E-state index in [1.807, 2.05) is 11.3 Å². The summed E-state index contributed by atoms with van der Waals surface area (Å²) in [6, 6.07) is 0. The van der Waals surface area contributed by atoms with Crippen LogP contribution >= 0.6 is 11.3 Å². The fourth-order valence-electron chi connectivity index (χ4n) is 3.69. The van der Waals surface area contributed by atoms with Crippen LogP contribution in [0.15, 0.2) is 6.33 Å². The summed E-state index contributed by atoms with van der Waals surface area (Å²) >= 11 is 1.85. The van der Waals surface area contributed by atoms with E-state index < -0.39 is 0 Å². The van der Waals surface area contributed by atoms with Crippen LogP contribution < -0.4 is 4.90 Å². The third-order valence-corrected chi connectivity index (χ3v) is 6.04. The summed E-state index contributed by atoms with van der Waals surface area (Å²) in [5, 5.41) is 10.7. The van der Waals surface area contributed by atoms with Gasteiger partial charge in [-0.25, -0.2) is 9.97 Å². The summed E-state index contributed by atoms with van der Waals surface area (Å²) < 4.78 is 0. The van der Waals surface area contributed by atoms with Crippen molar-refractivity contribution in [3.8, 4) is 0 Å². The zero-order valence-corrected chi connectivity index (χ0v) is 13.2. The van der Waals surface area contributed by atoms with Crippen LogP contribution in [-0.2, 0) is 12.8 Å². The zero-order valence-electron chi connectivity index (χ0n) is 12.4. The number of aliphatic hydroxyl groups is 1. The van der Waals surface area contributed by atoms with Gasteiger partial charge in [-0.05, 0) is 50.0 Å². The molecule has 2 heterocycles. The third-order valence-electron chi connectivity index (χ3n) is 4.84. The molecule has 0 radical (unpaired) electrons. The molecule has 0 unspecified atom stereocenters. The minimum absolute atomic E-state index is 0.0808. The number of anilines is 1. The highest BCUT2D eigenvalue weighted by atomic mass is 32.1. The van der Waals surface area contributed by atoms with Crippen LogP contribution in [0.4, 0.5) is 5.82 Å². The maximum atomic E-state index is 9.46. The number of nitrogens with zero attached hydrogens (tertiary/aromatic N) is 3. The number of aliphatic hydroxyl groups excluding tert-OH is 1. The van der Waals surface area contributed by atoms with E-state index in [-0.39, 0.29) is 6.10 Å². The maximum Gasteiger partial charge on any atom is 0.140 e. The Bertz CT molecular complexity index is 663. The van der Waals surface area contributed by atoms with E-state index in [2.05, 4.69) is 21.9 Å². The Hall–Kier alpha value is -1.20. The highest BCUT2D eigenvalue weighted by Crippen LogP contribution is 2.39. The zero-order chi connectivity index (χ0) is 14.4. The highest BCUT2D eigenvalue weighted by molar-refractivity contribution is 7.19. The van der Waals surface area contributed by atoms with Gasteiger partial charge in [0.25, 0.3) is 0 Å². The lowest BCUT2D eigenvalue weighted by atomic mass is 9.82. The molecule has 1 fully saturated rings. The predicted molar refractivity (Wildman–Crippen MR) is 86.1 cm³/mol. The Morgan fingerprint density at radius 3 is 2.90 bits per heavy atom. The summed E-state index contributed by atoms with van der Waals surface area (Å²) in [5.74, 6) is 1.69. The normalized spacial score (nSPS) is 24.7. The first-order valence-electron chi connectivity index (χ1n) is 7.87. The lowest BCUT2D eigenvalue weighted by Crippen LogP contribution is -2.37. The molecule has 0 saturated heterocycles. The second-order valence-corrected chi connectivity index (χ2v) is 7.54. The Labute approximate surface area is 128 Å². The van der Waals surface area contributed by atoms with E-state index in [1.165, 1.54) is 41.5 Å². The van der Waals surface area contributed by atoms with Crippen molar-refractivity contribution in [2.75, 3.05) is 18.5 Å². The van der Waals surface area contributed by atoms with Crippen LogP contribution in [0, 0.1) is 5.92 Å². The van der Waals surface area contributed by atoms with Gasteiger partial charge >= 0.3 is 0 Å². The van der Waals surface area contributed by atoms with Gasteiger partial charge in [0.2, 0.25) is 0 Å². The molecular weight excluding hydrogens is 282 g/mol. The molecule has 0 bridgehead atoms. The average molecular weight is 303 g/mol. The average Bonchev–Trinajstić information content (AvgIpc) is 2.84. The van der Waals surface area contributed by atoms with Crippen LogP contribution in [0.25, 0.3) is 10.2 Å². The van der Waals surface area contributed by atoms with Crippen LogP contribution in [0.3, 0.4) is 0 Å². The molecule has 0 aliphatic heterocycles. The predicted octanol–water partition coefficient (Wildman–Crippen LogP) is 2.78. The molecule has 2 aromatic rings. The van der Waals surface area contributed by atoms with Gasteiger partial charge in [0.05, 0.1) is 11.5 Å². The molecule has 0 aromatic carbocycles. The van der Waals surface area contributed by atoms with E-state index in [1.54, 1.807) is 6.33 Å². The van der Waals surface area contributed by atoms with Crippen molar-refractivity contribution in [3.05, 3.63) is 16.8 Å². The largest absolute Gasteiger partial charge is 0.393 e. The van der Waals surface area contributed by atoms with Crippen LogP contribution in [-0.4, -0.2) is 34.8 Å². The van der Waals surface area contributed by atoms with Crippen molar-refractivity contribution in [3.63, 3.8) is 0 Å². The molecule has 112 valence electrons. The van der Waals surface area contributed by atoms with Crippen molar-refractivity contribution in [1.82, 2.24) is 9.97 Å². The van der Waals surface area contributed by atoms with Crippen molar-refractivity contribution in [2.45, 2.75) is 44.6 Å². The van der Waals surface area contributed by atoms with Crippen LogP contribution in [0.5, 0.6) is 0 Å². The topological polar surface area (TPSA) is 49.2 Å². The molecular formula is C16H21N3OS. The van der Waals surface area contributed by atoms with Crippen molar-refractivity contribution >= 4 is 27.4 Å². The number of fused-ring (bicyclic) bond motifs is 3. The van der Waals surface area contributed by atoms with Crippen molar-refractivity contribution in [2.24, 2.45) is 5.92 Å². The monoisotopic (exact) mass is 303 g/mol. The number of aryl methyl sites for hydroxylation is 2. The summed E-state index contributed by atoms with van der Waals surface area (Å²) in [6.45, 7) is 0.980. The van der Waals surface area contributed by atoms with Crippen LogP contribution in [0.2, 0.25) is 0 Å². The Morgan fingerprint density at radius 1 is 1.29 bits per heavy atom. The van der Waals surface area contributed by atoms with Gasteiger partial charge in [-0.15, -0.1) is 11.3 Å². The first-order valence-corrected chi connectivity index (χ1v) is 8.68. The first kappa shape index (κ1) is 13.5. The molecule has 21 heavy (non-hydrogen) atoms. The third kappa shape index (κ3) is 2.32. The summed E-state index contributed by atoms with van der Waals surface area (Å²) in [6.07, 6.45) is 8.44. The summed E-state index contributed by atoms with van der Waals surface area (Å²) in [7, 11) is 2.12. The van der Waals surface area contributed by atoms with Gasteiger partial charge < -0.3 is 10.0 Å². The van der Waals surface area contributed by atoms with Crippen molar-refractivity contribution in [1.29, 1.82) is 0 Å². The summed E-state index contributed by atoms with van der Waals surface area (Å²) in [5.41, 5.74) is 1.50. The van der Waals surface area contributed by atoms with E-state index in [9.17, 15) is 5.11 Å². The molecule has 5 heteroatoms. The summed E-state index contributed by atoms with van der Waals surface area (Å²) in [4.78, 5) is 14.0. The number of rotatable bonds is 3. The fraction of sp³-hybridized carbons (Fsp3) is 0.625. The second kappa shape index (κ2) is 5.21. The fourth-order valence-corrected chi connectivity index (χ4v) is 4.91. The molecule has 0 amide bonds. The quantitative estimate of drug-likeness (QED) is 0.947. The maximum absolute atomic E-state index is 9.46. The molecule has 4 nitrogen and oxygen atoms in total. The van der Waals surface area contributed by atoms with Gasteiger partial charge in [0.1, 0.15) is 17.0 Å². The van der Waals surface area contributed by atoms with Crippen LogP contribution in [0.1, 0.15) is 36.1 Å². The lowest BCUT2D eigenvalue weighted by Gasteiger charge is -2.35. The molecule has 2 aliphatic rings. The minimum Gasteiger partial charge on any atom is -0.393 e. The van der Waals surface area contributed by atoms with Gasteiger partial charge in [-0.3, -0.25) is 0 Å². The standard InChI is InChI=1S/C16H21N3OS/c1-19(8-10-6-11(20)7-10)15-14-12-4-2-3-5-13(12)21-16(14)18-9-17-15/h9-11,20H,2-8H2,1H3. The van der Waals surface area contributed by atoms with Gasteiger partial charge in [0.15, 0.2) is 0 Å². The molecule has 0 atom stereocenters. The van der Waals surface area contributed by atoms with E-state index in [0.717, 1.165) is 30.0 Å². The Kier molecular flexibility index (Phi) is 3.34. The molecule has 2 aliphatic carbocycles. The number of thiophene rings is 1. The van der Waals surface area contributed by atoms with Crippen molar-refractivity contribution < 1.29 is 5.11 Å². The van der Waals surface area contributed by atoms with Gasteiger partial charge in [-0.2, -0.15) is 0 Å². The van der Waals surface area contributed by atoms with E-state index >= 15 is 0 Å². The van der Waals surface area contributed by atoms with E-state index in [0.29, 0.717) is 5.92 Å². The SMILES string of the molecule is CN(CC1CC(O)C1)c1ncnc2sc3c(c12)CCCC3. The molecule has 1 saturated carbocycles. The van der Waals surface area contributed by atoms with E-state index in [4.69, 9.17) is 0 Å². The lowest BCUT2D eigenvalue weighted by molar-refractivity contribution is 0.0464. The molecule has 0 spiro atoms. The number of aromatic nitrogens is 2.